The molecule has 1 aliphatic rings. The number of amides is 1. The smallest absolute Gasteiger partial charge is 0.225 e. The van der Waals surface area contributed by atoms with Crippen LogP contribution < -0.4 is 10.2 Å². The molecule has 1 N–H and O–H groups in total. The molecule has 3 heterocycles. The molecule has 1 aromatic carbocycles. The third kappa shape index (κ3) is 4.36. The highest BCUT2D eigenvalue weighted by molar-refractivity contribution is 5.79. The number of benzene rings is 1. The SMILES string of the molecule is O=C(NCc1ccccc1Cn1cccn1)[C@H]1CCCN(c2cnccn2)C1. The summed E-state index contributed by atoms with van der Waals surface area (Å²) in [6.07, 6.45) is 10.7. The molecule has 0 spiro atoms. The van der Waals surface area contributed by atoms with Crippen LogP contribution in [0.25, 0.3) is 0 Å². The van der Waals surface area contributed by atoms with Gasteiger partial charge in [-0.2, -0.15) is 5.10 Å². The number of nitrogens with zero attached hydrogens (tertiary/aromatic N) is 5. The molecule has 1 aliphatic heterocycles. The monoisotopic (exact) mass is 376 g/mol. The van der Waals surface area contributed by atoms with Crippen LogP contribution in [0.4, 0.5) is 5.82 Å². The zero-order valence-corrected chi connectivity index (χ0v) is 15.7. The van der Waals surface area contributed by atoms with Gasteiger partial charge in [-0.3, -0.25) is 14.5 Å². The number of carbonyl (C=O) groups is 1. The topological polar surface area (TPSA) is 75.9 Å². The normalized spacial score (nSPS) is 16.7. The molecule has 0 saturated carbocycles. The average molecular weight is 376 g/mol. The Morgan fingerprint density at radius 1 is 1.14 bits per heavy atom. The Kier molecular flexibility index (Phi) is 5.61. The van der Waals surface area contributed by atoms with Gasteiger partial charge in [0.2, 0.25) is 5.91 Å². The highest BCUT2D eigenvalue weighted by Gasteiger charge is 2.26. The van der Waals surface area contributed by atoms with Crippen LogP contribution >= 0.6 is 0 Å². The Balaban J connectivity index is 1.37. The second-order valence-electron chi connectivity index (χ2n) is 7.04. The zero-order chi connectivity index (χ0) is 19.2. The largest absolute Gasteiger partial charge is 0.355 e. The van der Waals surface area contributed by atoms with E-state index in [2.05, 4.69) is 37.4 Å². The fourth-order valence-electron chi connectivity index (χ4n) is 3.63. The molecule has 1 amide bonds. The van der Waals surface area contributed by atoms with Gasteiger partial charge >= 0.3 is 0 Å². The summed E-state index contributed by atoms with van der Waals surface area (Å²) in [6, 6.07) is 10.1. The first kappa shape index (κ1) is 18.2. The lowest BCUT2D eigenvalue weighted by Crippen LogP contribution is -2.43. The summed E-state index contributed by atoms with van der Waals surface area (Å²) in [4.78, 5) is 23.4. The van der Waals surface area contributed by atoms with E-state index in [0.29, 0.717) is 19.6 Å². The average Bonchev–Trinajstić information content (AvgIpc) is 3.27. The molecule has 0 unspecified atom stereocenters. The van der Waals surface area contributed by atoms with Crippen LogP contribution in [-0.2, 0) is 17.9 Å². The van der Waals surface area contributed by atoms with Crippen molar-refractivity contribution in [3.63, 3.8) is 0 Å². The minimum atomic E-state index is -0.0333. The van der Waals surface area contributed by atoms with Crippen LogP contribution in [-0.4, -0.2) is 38.7 Å². The maximum atomic E-state index is 12.8. The van der Waals surface area contributed by atoms with Crippen LogP contribution in [0.15, 0.2) is 61.3 Å². The summed E-state index contributed by atoms with van der Waals surface area (Å²) in [5.41, 5.74) is 2.28. The van der Waals surface area contributed by atoms with Gasteiger partial charge in [0.05, 0.1) is 18.7 Å². The molecule has 3 aromatic rings. The highest BCUT2D eigenvalue weighted by Crippen LogP contribution is 2.21. The van der Waals surface area contributed by atoms with Gasteiger partial charge < -0.3 is 10.2 Å². The number of aromatic nitrogens is 4. The van der Waals surface area contributed by atoms with E-state index in [-0.39, 0.29) is 11.8 Å². The van der Waals surface area contributed by atoms with E-state index in [1.54, 1.807) is 24.8 Å². The van der Waals surface area contributed by atoms with Crippen molar-refractivity contribution >= 4 is 11.7 Å². The molecule has 7 heteroatoms. The minimum Gasteiger partial charge on any atom is -0.355 e. The quantitative estimate of drug-likeness (QED) is 0.714. The van der Waals surface area contributed by atoms with Crippen LogP contribution in [0.5, 0.6) is 0 Å². The molecule has 1 atom stereocenters. The Labute approximate surface area is 164 Å². The fraction of sp³-hybridized carbons (Fsp3) is 0.333. The molecule has 1 saturated heterocycles. The Morgan fingerprint density at radius 3 is 2.82 bits per heavy atom. The van der Waals surface area contributed by atoms with Gasteiger partial charge in [0, 0.05) is 44.4 Å². The van der Waals surface area contributed by atoms with Gasteiger partial charge in [-0.15, -0.1) is 0 Å². The van der Waals surface area contributed by atoms with Crippen molar-refractivity contribution < 1.29 is 4.79 Å². The van der Waals surface area contributed by atoms with Crippen molar-refractivity contribution in [2.75, 3.05) is 18.0 Å². The molecular weight excluding hydrogens is 352 g/mol. The van der Waals surface area contributed by atoms with E-state index >= 15 is 0 Å². The Hall–Kier alpha value is -3.22. The van der Waals surface area contributed by atoms with Crippen LogP contribution in [0.2, 0.25) is 0 Å². The lowest BCUT2D eigenvalue weighted by Gasteiger charge is -2.32. The number of hydrogen-bond donors (Lipinski definition) is 1. The van der Waals surface area contributed by atoms with E-state index in [1.807, 2.05) is 29.1 Å². The van der Waals surface area contributed by atoms with E-state index in [1.165, 1.54) is 0 Å². The molecule has 4 rings (SSSR count). The van der Waals surface area contributed by atoms with Crippen molar-refractivity contribution in [2.24, 2.45) is 5.92 Å². The molecule has 7 nitrogen and oxygen atoms in total. The van der Waals surface area contributed by atoms with E-state index < -0.39 is 0 Å². The Bertz CT molecular complexity index is 896. The first-order valence-corrected chi connectivity index (χ1v) is 9.62. The number of piperidine rings is 1. The Morgan fingerprint density at radius 2 is 2.04 bits per heavy atom. The summed E-state index contributed by atoms with van der Waals surface area (Å²) in [5, 5.41) is 7.40. The van der Waals surface area contributed by atoms with Gasteiger partial charge in [0.1, 0.15) is 5.82 Å². The lowest BCUT2D eigenvalue weighted by atomic mass is 9.97. The predicted octanol–water partition coefficient (Wildman–Crippen LogP) is 2.25. The number of carbonyl (C=O) groups excluding carboxylic acids is 1. The second kappa shape index (κ2) is 8.65. The van der Waals surface area contributed by atoms with Crippen molar-refractivity contribution in [3.8, 4) is 0 Å². The summed E-state index contributed by atoms with van der Waals surface area (Å²) in [5.74, 6) is 0.904. The maximum absolute atomic E-state index is 12.8. The van der Waals surface area contributed by atoms with Crippen LogP contribution in [0.1, 0.15) is 24.0 Å². The van der Waals surface area contributed by atoms with Gasteiger partial charge in [-0.25, -0.2) is 4.98 Å². The van der Waals surface area contributed by atoms with Crippen molar-refractivity contribution in [1.82, 2.24) is 25.1 Å². The van der Waals surface area contributed by atoms with Crippen molar-refractivity contribution in [2.45, 2.75) is 25.9 Å². The summed E-state index contributed by atoms with van der Waals surface area (Å²) < 4.78 is 1.89. The number of nitrogens with one attached hydrogen (secondary N) is 1. The second-order valence-corrected chi connectivity index (χ2v) is 7.04. The molecule has 1 fully saturated rings. The highest BCUT2D eigenvalue weighted by atomic mass is 16.1. The fourth-order valence-corrected chi connectivity index (χ4v) is 3.63. The molecule has 2 aromatic heterocycles. The standard InChI is InChI=1S/C21H24N6O/c28-21(19-7-3-11-26(15-19)20-14-22-9-10-23-20)24-13-17-5-1-2-6-18(17)16-27-12-4-8-25-27/h1-2,4-6,8-10,12,14,19H,3,7,11,13,15-16H2,(H,24,28)/t19-/m0/s1. The number of anilines is 1. The number of rotatable bonds is 6. The van der Waals surface area contributed by atoms with Crippen LogP contribution in [0.3, 0.4) is 0 Å². The molecule has 0 aliphatic carbocycles. The number of hydrogen-bond acceptors (Lipinski definition) is 5. The molecule has 144 valence electrons. The maximum Gasteiger partial charge on any atom is 0.225 e. The molecular formula is C21H24N6O. The molecule has 0 bridgehead atoms. The van der Waals surface area contributed by atoms with Crippen LogP contribution in [0, 0.1) is 5.92 Å². The van der Waals surface area contributed by atoms with Crippen molar-refractivity contribution in [1.29, 1.82) is 0 Å². The van der Waals surface area contributed by atoms with E-state index in [0.717, 1.165) is 36.3 Å². The third-order valence-corrected chi connectivity index (χ3v) is 5.13. The van der Waals surface area contributed by atoms with Gasteiger partial charge in [-0.1, -0.05) is 24.3 Å². The summed E-state index contributed by atoms with van der Waals surface area (Å²) in [6.45, 7) is 2.81. The minimum absolute atomic E-state index is 0.0333. The van der Waals surface area contributed by atoms with E-state index in [9.17, 15) is 4.79 Å². The molecule has 28 heavy (non-hydrogen) atoms. The van der Waals surface area contributed by atoms with E-state index in [4.69, 9.17) is 0 Å². The van der Waals surface area contributed by atoms with Gasteiger partial charge in [0.15, 0.2) is 0 Å². The lowest BCUT2D eigenvalue weighted by molar-refractivity contribution is -0.125. The van der Waals surface area contributed by atoms with Gasteiger partial charge in [-0.05, 0) is 30.0 Å². The van der Waals surface area contributed by atoms with Gasteiger partial charge in [0.25, 0.3) is 0 Å². The first-order valence-electron chi connectivity index (χ1n) is 9.62. The predicted molar refractivity (Wildman–Crippen MR) is 107 cm³/mol. The first-order chi connectivity index (χ1) is 13.8. The zero-order valence-electron chi connectivity index (χ0n) is 15.7. The summed E-state index contributed by atoms with van der Waals surface area (Å²) >= 11 is 0. The summed E-state index contributed by atoms with van der Waals surface area (Å²) in [7, 11) is 0. The van der Waals surface area contributed by atoms with Crippen molar-refractivity contribution in [3.05, 3.63) is 72.4 Å². The third-order valence-electron chi connectivity index (χ3n) is 5.13. The molecule has 0 radical (unpaired) electrons.